The highest BCUT2D eigenvalue weighted by molar-refractivity contribution is 7.99. The molecule has 82 heavy (non-hydrogen) atoms. The number of rotatable bonds is 22. The first-order valence-corrected chi connectivity index (χ1v) is 34.4. The van der Waals surface area contributed by atoms with Crippen LogP contribution in [0, 0.1) is 12.8 Å². The van der Waals surface area contributed by atoms with Gasteiger partial charge in [-0.05, 0) is 143 Å². The molecule has 4 N–H and O–H groups in total. The number of sulfone groups is 2. The van der Waals surface area contributed by atoms with Crippen LogP contribution in [0.5, 0.6) is 0 Å². The lowest BCUT2D eigenvalue weighted by Crippen LogP contribution is -2.46. The highest BCUT2D eigenvalue weighted by atomic mass is 35.5. The van der Waals surface area contributed by atoms with Crippen molar-refractivity contribution >= 4 is 89.4 Å². The van der Waals surface area contributed by atoms with Gasteiger partial charge in [-0.15, -0.1) is 11.8 Å². The Bertz CT molecular complexity index is 3630. The van der Waals surface area contributed by atoms with Crippen LogP contribution in [-0.2, 0) is 43.8 Å². The maximum Gasteiger partial charge on any atom is 0.501 e. The Morgan fingerprint density at radius 2 is 1.44 bits per heavy atom. The molecule has 1 atom stereocenters. The summed E-state index contributed by atoms with van der Waals surface area (Å²) in [5, 5.41) is 3.55. The summed E-state index contributed by atoms with van der Waals surface area (Å²) < 4.78 is 145. The molecule has 2 aliphatic rings. The molecular formula is C56H65ClF3N6O11PS4. The number of benzene rings is 5. The summed E-state index contributed by atoms with van der Waals surface area (Å²) in [5.74, 6) is -0.772. The second kappa shape index (κ2) is 25.7. The van der Waals surface area contributed by atoms with Crippen molar-refractivity contribution in [1.29, 1.82) is 0 Å². The summed E-state index contributed by atoms with van der Waals surface area (Å²) in [7, 11) is -18.8. The quantitative estimate of drug-likeness (QED) is 0.0282. The second-order valence-corrected chi connectivity index (χ2v) is 29.4. The van der Waals surface area contributed by atoms with Crippen molar-refractivity contribution in [2.45, 2.75) is 77.2 Å². The summed E-state index contributed by atoms with van der Waals surface area (Å²) in [5.41, 5.74) is -0.914. The largest absolute Gasteiger partial charge is 0.501 e. The smallest absolute Gasteiger partial charge is 0.465 e. The van der Waals surface area contributed by atoms with E-state index < -0.39 is 89.0 Å². The van der Waals surface area contributed by atoms with Crippen molar-refractivity contribution in [2.24, 2.45) is 5.92 Å². The number of halogens is 4. The van der Waals surface area contributed by atoms with Crippen molar-refractivity contribution in [2.75, 3.05) is 90.4 Å². The molecule has 0 saturated carbocycles. The molecule has 5 aromatic carbocycles. The van der Waals surface area contributed by atoms with Crippen LogP contribution in [0.15, 0.2) is 141 Å². The molecule has 2 fully saturated rings. The number of ether oxygens (including phenoxy) is 1. The number of alkyl halides is 3. The number of esters is 1. The van der Waals surface area contributed by atoms with Gasteiger partial charge in [0.2, 0.25) is 0 Å². The molecular weight excluding hydrogens is 1180 g/mol. The minimum Gasteiger partial charge on any atom is -0.465 e. The number of likely N-dealkylation sites (tertiary alicyclic amines) is 1. The van der Waals surface area contributed by atoms with Gasteiger partial charge in [0, 0.05) is 95.1 Å². The van der Waals surface area contributed by atoms with Crippen molar-refractivity contribution in [1.82, 2.24) is 9.47 Å². The topological polar surface area (TPSA) is 225 Å². The fraction of sp³-hybridized carbons (Fsp3) is 0.375. The van der Waals surface area contributed by atoms with Crippen LogP contribution in [-0.4, -0.2) is 133 Å². The number of carbonyl (C=O) groups is 1. The van der Waals surface area contributed by atoms with E-state index in [-0.39, 0.29) is 22.4 Å². The Kier molecular flexibility index (Phi) is 19.6. The lowest BCUT2D eigenvalue weighted by molar-refractivity contribution is -0.149. The highest BCUT2D eigenvalue weighted by Crippen LogP contribution is 2.45. The third kappa shape index (κ3) is 15.2. The average molecular weight is 1250 g/mol. The van der Waals surface area contributed by atoms with Gasteiger partial charge in [0.1, 0.15) is 11.5 Å². The molecule has 0 unspecified atom stereocenters. The standard InChI is InChI=1S/C56H65ClF3N6O11PS4/c1-38(2)66-39(3)54(80(4,71)72)52(53(66)40-13-15-43(57)16-14-40)42-9-8-10-47(35-42)65-31-29-64(30-32-65)46-19-17-44(18-20-46)62-82(75,76)49-21-22-50(51(36-49)81(73,74)56(58,59)60)61-45(37-79-48-11-6-5-7-12-48)25-28-63-26-23-41(24-27-63)55(67)77-33-34-78(68,69)70/h5-22,35-36,38,41,45,61-62H,23-34,37H2,1-4H3,(H2,68,69,70)/t45-/m1/s1. The highest BCUT2D eigenvalue weighted by Gasteiger charge is 2.48. The van der Waals surface area contributed by atoms with E-state index in [1.54, 1.807) is 24.3 Å². The van der Waals surface area contributed by atoms with E-state index in [9.17, 15) is 47.8 Å². The Morgan fingerprint density at radius 3 is 2.04 bits per heavy atom. The summed E-state index contributed by atoms with van der Waals surface area (Å²) in [4.78, 5) is 36.2. The van der Waals surface area contributed by atoms with E-state index in [4.69, 9.17) is 26.1 Å². The summed E-state index contributed by atoms with van der Waals surface area (Å²) in [6, 6.07) is 32.6. The Morgan fingerprint density at radius 1 is 0.805 bits per heavy atom. The van der Waals surface area contributed by atoms with Gasteiger partial charge in [0.15, 0.2) is 9.84 Å². The molecule has 1 aromatic heterocycles. The first-order chi connectivity index (χ1) is 38.6. The van der Waals surface area contributed by atoms with Crippen molar-refractivity contribution in [3.63, 3.8) is 0 Å². The average Bonchev–Trinajstić information content (AvgIpc) is 3.39. The fourth-order valence-electron chi connectivity index (χ4n) is 10.4. The van der Waals surface area contributed by atoms with Gasteiger partial charge < -0.3 is 39.1 Å². The Labute approximate surface area is 486 Å². The van der Waals surface area contributed by atoms with E-state index in [2.05, 4.69) is 19.8 Å². The minimum atomic E-state index is -6.11. The van der Waals surface area contributed by atoms with Crippen molar-refractivity contribution in [3.8, 4) is 22.4 Å². The number of anilines is 4. The number of carbonyl (C=O) groups excluding carboxylic acids is 1. The summed E-state index contributed by atoms with van der Waals surface area (Å²) in [6.45, 7) is 9.02. The molecule has 0 aliphatic carbocycles. The number of nitrogens with one attached hydrogen (secondary N) is 2. The van der Waals surface area contributed by atoms with E-state index in [1.807, 2.05) is 97.0 Å². The molecule has 8 rings (SSSR count). The predicted molar refractivity (Wildman–Crippen MR) is 316 cm³/mol. The zero-order chi connectivity index (χ0) is 59.4. The zero-order valence-corrected chi connectivity index (χ0v) is 50.3. The third-order valence-corrected chi connectivity index (χ3v) is 20.8. The number of piperazine rings is 1. The normalized spacial score (nSPS) is 15.6. The van der Waals surface area contributed by atoms with E-state index in [1.165, 1.54) is 30.2 Å². The number of thioether (sulfide) groups is 1. The van der Waals surface area contributed by atoms with Crippen LogP contribution in [0.2, 0.25) is 5.02 Å². The van der Waals surface area contributed by atoms with E-state index in [0.29, 0.717) is 87.4 Å². The van der Waals surface area contributed by atoms with Crippen LogP contribution in [0.1, 0.15) is 44.8 Å². The van der Waals surface area contributed by atoms with E-state index >= 15 is 0 Å². The molecule has 3 heterocycles. The fourth-order valence-corrected chi connectivity index (χ4v) is 15.1. The molecule has 2 saturated heterocycles. The lowest BCUT2D eigenvalue weighted by Gasteiger charge is -2.37. The lowest BCUT2D eigenvalue weighted by atomic mass is 9.97. The number of piperidine rings is 1. The van der Waals surface area contributed by atoms with Gasteiger partial charge in [-0.1, -0.05) is 54.1 Å². The summed E-state index contributed by atoms with van der Waals surface area (Å²) >= 11 is 7.66. The van der Waals surface area contributed by atoms with Gasteiger partial charge in [0.25, 0.3) is 19.9 Å². The molecule has 26 heteroatoms. The van der Waals surface area contributed by atoms with Gasteiger partial charge >= 0.3 is 19.1 Å². The second-order valence-electron chi connectivity index (χ2n) is 20.6. The molecule has 0 bridgehead atoms. The van der Waals surface area contributed by atoms with Gasteiger partial charge in [0.05, 0.1) is 33.3 Å². The molecule has 0 radical (unpaired) electrons. The van der Waals surface area contributed by atoms with Crippen LogP contribution >= 0.6 is 31.0 Å². The number of aromatic nitrogens is 1. The number of nitrogens with zero attached hydrogens (tertiary/aromatic N) is 4. The Balaban J connectivity index is 0.950. The molecule has 17 nitrogen and oxygen atoms in total. The van der Waals surface area contributed by atoms with Crippen LogP contribution in [0.4, 0.5) is 35.9 Å². The third-order valence-electron chi connectivity index (χ3n) is 14.4. The maximum absolute atomic E-state index is 14.4. The van der Waals surface area contributed by atoms with Crippen molar-refractivity contribution < 1.29 is 62.3 Å². The first-order valence-electron chi connectivity index (χ1n) is 26.4. The van der Waals surface area contributed by atoms with Gasteiger partial charge in [-0.3, -0.25) is 14.1 Å². The van der Waals surface area contributed by atoms with E-state index in [0.717, 1.165) is 45.2 Å². The first kappa shape index (κ1) is 62.5. The number of hydrogen-bond donors (Lipinski definition) is 4. The summed E-state index contributed by atoms with van der Waals surface area (Å²) in [6.07, 6.45) is 1.73. The monoisotopic (exact) mass is 1250 g/mol. The van der Waals surface area contributed by atoms with Crippen LogP contribution < -0.4 is 19.8 Å². The SMILES string of the molecule is Cc1c(S(C)(=O)=O)c(-c2cccc(N3CCN(c4ccc(NS(=O)(=O)c5ccc(N[C@H](CCN6CCC(C(=O)OCCP(=O)(O)O)CC6)CSc6ccccc6)c(S(=O)(=O)C(F)(F)F)c5)cc4)CC3)c2)c(-c2ccc(Cl)cc2)n1C(C)C. The zero-order valence-electron chi connectivity index (χ0n) is 45.4. The minimum absolute atomic E-state index is 0.0628. The van der Waals surface area contributed by atoms with Gasteiger partial charge in [-0.2, -0.15) is 13.2 Å². The molecule has 442 valence electrons. The van der Waals surface area contributed by atoms with Gasteiger partial charge in [-0.25, -0.2) is 25.3 Å². The molecule has 6 aromatic rings. The van der Waals surface area contributed by atoms with Crippen LogP contribution in [0.3, 0.4) is 0 Å². The number of sulfonamides is 1. The molecule has 0 spiro atoms. The maximum atomic E-state index is 14.4. The Hall–Kier alpha value is -5.56. The van der Waals surface area contributed by atoms with Crippen molar-refractivity contribution in [3.05, 3.63) is 132 Å². The molecule has 0 amide bonds. The molecule has 2 aliphatic heterocycles. The predicted octanol–water partition coefficient (Wildman–Crippen LogP) is 10.6. The van der Waals surface area contributed by atoms with Crippen LogP contribution in [0.25, 0.3) is 22.4 Å². The number of hydrogen-bond acceptors (Lipinski definition) is 14.